The number of nitrogens with zero attached hydrogens (tertiary/aromatic N) is 1. The number of hydrogen-bond donors (Lipinski definition) is 1. The molecule has 162 valence electrons. The average molecular weight is 473 g/mol. The topological polar surface area (TPSA) is 49.4 Å². The van der Waals surface area contributed by atoms with Crippen molar-refractivity contribution in [3.63, 3.8) is 0 Å². The predicted octanol–water partition coefficient (Wildman–Crippen LogP) is 7.07. The molecule has 2 amide bonds. The molecule has 0 saturated heterocycles. The van der Waals surface area contributed by atoms with Crippen LogP contribution in [0.15, 0.2) is 91.0 Å². The summed E-state index contributed by atoms with van der Waals surface area (Å²) in [6, 6.07) is 27.6. The molecule has 0 aliphatic carbocycles. The molecule has 0 aromatic heterocycles. The lowest BCUT2D eigenvalue weighted by Gasteiger charge is -2.31. The summed E-state index contributed by atoms with van der Waals surface area (Å²) < 4.78 is 0. The van der Waals surface area contributed by atoms with Gasteiger partial charge in [0.2, 0.25) is 0 Å². The molecule has 1 aliphatic rings. The lowest BCUT2D eigenvalue weighted by molar-refractivity contribution is 0.0983. The largest absolute Gasteiger partial charge is 0.322 e. The number of fused-ring (bicyclic) bond motifs is 3. The van der Waals surface area contributed by atoms with Crippen LogP contribution in [-0.2, 0) is 6.54 Å². The highest BCUT2D eigenvalue weighted by atomic mass is 35.5. The zero-order valence-corrected chi connectivity index (χ0v) is 18.9. The molecule has 0 radical (unpaired) electrons. The van der Waals surface area contributed by atoms with E-state index in [1.54, 1.807) is 41.3 Å². The molecule has 4 aromatic carbocycles. The molecule has 1 N–H and O–H groups in total. The summed E-state index contributed by atoms with van der Waals surface area (Å²) in [7, 11) is 0. The minimum absolute atomic E-state index is 0.0979. The molecule has 5 rings (SSSR count). The number of benzene rings is 4. The lowest BCUT2D eigenvalue weighted by atomic mass is 9.93. The van der Waals surface area contributed by atoms with Crippen LogP contribution in [0.4, 0.5) is 11.4 Å². The molecular formula is C27H18Cl2N2O2. The Labute approximate surface area is 201 Å². The van der Waals surface area contributed by atoms with E-state index in [1.165, 1.54) is 6.07 Å². The van der Waals surface area contributed by atoms with Gasteiger partial charge in [-0.15, -0.1) is 0 Å². The maximum Gasteiger partial charge on any atom is 0.258 e. The van der Waals surface area contributed by atoms with E-state index in [4.69, 9.17) is 23.2 Å². The first-order valence-corrected chi connectivity index (χ1v) is 11.1. The van der Waals surface area contributed by atoms with E-state index in [-0.39, 0.29) is 11.8 Å². The average Bonchev–Trinajstić information content (AvgIpc) is 2.85. The second-order valence-electron chi connectivity index (χ2n) is 7.73. The van der Waals surface area contributed by atoms with Crippen molar-refractivity contribution in [2.45, 2.75) is 6.54 Å². The monoisotopic (exact) mass is 472 g/mol. The molecule has 0 saturated carbocycles. The third-order valence-electron chi connectivity index (χ3n) is 5.65. The molecule has 0 spiro atoms. The van der Waals surface area contributed by atoms with Crippen LogP contribution in [-0.4, -0.2) is 11.8 Å². The smallest absolute Gasteiger partial charge is 0.258 e. The highest BCUT2D eigenvalue weighted by Crippen LogP contribution is 2.39. The molecule has 1 heterocycles. The van der Waals surface area contributed by atoms with E-state index in [1.807, 2.05) is 42.5 Å². The Kier molecular flexibility index (Phi) is 5.63. The maximum atomic E-state index is 13.4. The number of carbonyl (C=O) groups is 2. The molecule has 0 bridgehead atoms. The van der Waals surface area contributed by atoms with Crippen molar-refractivity contribution in [2.24, 2.45) is 0 Å². The van der Waals surface area contributed by atoms with Gasteiger partial charge in [0.05, 0.1) is 22.3 Å². The van der Waals surface area contributed by atoms with Crippen molar-refractivity contribution < 1.29 is 9.59 Å². The molecule has 6 heteroatoms. The Morgan fingerprint density at radius 1 is 0.727 bits per heavy atom. The van der Waals surface area contributed by atoms with Gasteiger partial charge in [-0.3, -0.25) is 9.59 Å². The molecular weight excluding hydrogens is 455 g/mol. The van der Waals surface area contributed by atoms with Crippen LogP contribution in [0, 0.1) is 0 Å². The van der Waals surface area contributed by atoms with Crippen molar-refractivity contribution in [1.29, 1.82) is 0 Å². The van der Waals surface area contributed by atoms with E-state index >= 15 is 0 Å². The number of hydrogen-bond acceptors (Lipinski definition) is 2. The first-order valence-electron chi connectivity index (χ1n) is 10.4. The first-order chi connectivity index (χ1) is 16.0. The van der Waals surface area contributed by atoms with Crippen molar-refractivity contribution in [2.75, 3.05) is 10.2 Å². The minimum atomic E-state index is -0.311. The van der Waals surface area contributed by atoms with Crippen LogP contribution in [0.25, 0.3) is 11.1 Å². The maximum absolute atomic E-state index is 13.4. The summed E-state index contributed by atoms with van der Waals surface area (Å²) >= 11 is 11.9. The van der Waals surface area contributed by atoms with E-state index < -0.39 is 0 Å². The van der Waals surface area contributed by atoms with Crippen LogP contribution >= 0.6 is 23.2 Å². The number of halogens is 2. The van der Waals surface area contributed by atoms with Gasteiger partial charge >= 0.3 is 0 Å². The summed E-state index contributed by atoms with van der Waals surface area (Å²) in [5, 5.41) is 3.51. The van der Waals surface area contributed by atoms with Gasteiger partial charge in [-0.05, 0) is 59.7 Å². The fourth-order valence-corrected chi connectivity index (χ4v) is 4.29. The van der Waals surface area contributed by atoms with Gasteiger partial charge < -0.3 is 10.2 Å². The fourth-order valence-electron chi connectivity index (χ4n) is 3.99. The molecule has 33 heavy (non-hydrogen) atoms. The Bertz CT molecular complexity index is 1380. The Hall–Kier alpha value is -3.60. The minimum Gasteiger partial charge on any atom is -0.322 e. The van der Waals surface area contributed by atoms with E-state index in [2.05, 4.69) is 11.4 Å². The number of carbonyl (C=O) groups excluding carboxylic acids is 2. The Morgan fingerprint density at radius 2 is 1.39 bits per heavy atom. The highest BCUT2D eigenvalue weighted by Gasteiger charge is 2.26. The van der Waals surface area contributed by atoms with E-state index in [0.717, 1.165) is 22.4 Å². The van der Waals surface area contributed by atoms with Crippen LogP contribution in [0.3, 0.4) is 0 Å². The molecule has 4 aromatic rings. The van der Waals surface area contributed by atoms with E-state index in [9.17, 15) is 9.59 Å². The summed E-state index contributed by atoms with van der Waals surface area (Å²) in [6.07, 6.45) is 0. The van der Waals surface area contributed by atoms with Crippen molar-refractivity contribution in [1.82, 2.24) is 0 Å². The summed E-state index contributed by atoms with van der Waals surface area (Å²) in [4.78, 5) is 27.7. The number of anilines is 2. The number of amides is 2. The van der Waals surface area contributed by atoms with Crippen molar-refractivity contribution in [3.05, 3.63) is 118 Å². The molecule has 4 nitrogen and oxygen atoms in total. The summed E-state index contributed by atoms with van der Waals surface area (Å²) in [5.74, 6) is -0.409. The number of nitrogens with one attached hydrogen (secondary N) is 1. The van der Waals surface area contributed by atoms with Gasteiger partial charge in [0, 0.05) is 22.4 Å². The quantitative estimate of drug-likeness (QED) is 0.346. The Morgan fingerprint density at radius 3 is 2.15 bits per heavy atom. The predicted molar refractivity (Wildman–Crippen MR) is 133 cm³/mol. The molecule has 0 fully saturated rings. The second kappa shape index (κ2) is 8.74. The summed E-state index contributed by atoms with van der Waals surface area (Å²) in [5.41, 5.74) is 5.70. The van der Waals surface area contributed by atoms with Crippen LogP contribution < -0.4 is 10.2 Å². The van der Waals surface area contributed by atoms with Gasteiger partial charge in [0.15, 0.2) is 0 Å². The summed E-state index contributed by atoms with van der Waals surface area (Å²) in [6.45, 7) is 0.502. The second-order valence-corrected chi connectivity index (χ2v) is 8.54. The van der Waals surface area contributed by atoms with Crippen LogP contribution in [0.2, 0.25) is 10.0 Å². The Balaban J connectivity index is 1.37. The van der Waals surface area contributed by atoms with Crippen molar-refractivity contribution in [3.8, 4) is 11.1 Å². The van der Waals surface area contributed by atoms with Gasteiger partial charge in [-0.25, -0.2) is 0 Å². The standard InChI is InChI=1S/C27H18Cl2N2O2/c28-23-14-11-18(15-24(23)29)26(32)30-20-12-9-17(10-13-20)27(33)31-16-19-5-1-2-6-21(19)22-7-3-4-8-25(22)31/h1-15H,16H2,(H,30,32). The molecule has 0 atom stereocenters. The van der Waals surface area contributed by atoms with Gasteiger partial charge in [-0.2, -0.15) is 0 Å². The van der Waals surface area contributed by atoms with Crippen LogP contribution in [0.5, 0.6) is 0 Å². The number of para-hydroxylation sites is 1. The first kappa shape index (κ1) is 21.3. The van der Waals surface area contributed by atoms with Crippen LogP contribution in [0.1, 0.15) is 26.3 Å². The van der Waals surface area contributed by atoms with Gasteiger partial charge in [0.25, 0.3) is 11.8 Å². The van der Waals surface area contributed by atoms with E-state index in [0.29, 0.717) is 33.4 Å². The SMILES string of the molecule is O=C(Nc1ccc(C(=O)N2Cc3ccccc3-c3ccccc32)cc1)c1ccc(Cl)c(Cl)c1. The van der Waals surface area contributed by atoms with Gasteiger partial charge in [-0.1, -0.05) is 65.7 Å². The van der Waals surface area contributed by atoms with Gasteiger partial charge in [0.1, 0.15) is 0 Å². The highest BCUT2D eigenvalue weighted by molar-refractivity contribution is 6.42. The third kappa shape index (κ3) is 4.11. The zero-order chi connectivity index (χ0) is 22.9. The normalized spacial score (nSPS) is 12.0. The fraction of sp³-hybridized carbons (Fsp3) is 0.0370. The zero-order valence-electron chi connectivity index (χ0n) is 17.4. The number of rotatable bonds is 3. The molecule has 0 unspecified atom stereocenters. The lowest BCUT2D eigenvalue weighted by Crippen LogP contribution is -2.33. The molecule has 1 aliphatic heterocycles. The van der Waals surface area contributed by atoms with Crippen molar-refractivity contribution >= 4 is 46.4 Å². The third-order valence-corrected chi connectivity index (χ3v) is 6.39.